The molecule has 2 aliphatic heterocycles. The Morgan fingerprint density at radius 2 is 1.79 bits per heavy atom. The second kappa shape index (κ2) is 7.76. The number of hydrogen-bond acceptors (Lipinski definition) is 8. The van der Waals surface area contributed by atoms with Gasteiger partial charge in [0.15, 0.2) is 5.82 Å². The van der Waals surface area contributed by atoms with Gasteiger partial charge in [0.05, 0.1) is 25.5 Å². The minimum absolute atomic E-state index is 0.465. The SMILES string of the molecule is OC1CN(CN2CCN(c3ccccc3)CC2)c2nnc(-c3cnccn3)n2C1. The summed E-state index contributed by atoms with van der Waals surface area (Å²) >= 11 is 0. The van der Waals surface area contributed by atoms with E-state index in [-0.39, 0.29) is 0 Å². The molecule has 5 rings (SSSR count). The molecule has 1 atom stereocenters. The molecule has 1 saturated heterocycles. The van der Waals surface area contributed by atoms with E-state index in [1.807, 2.05) is 10.6 Å². The van der Waals surface area contributed by atoms with Crippen molar-refractivity contribution in [3.8, 4) is 11.5 Å². The number of benzene rings is 1. The van der Waals surface area contributed by atoms with Gasteiger partial charge in [-0.1, -0.05) is 18.2 Å². The lowest BCUT2D eigenvalue weighted by Gasteiger charge is -2.40. The van der Waals surface area contributed by atoms with Crippen LogP contribution in [0.2, 0.25) is 0 Å². The van der Waals surface area contributed by atoms with Crippen molar-refractivity contribution in [2.45, 2.75) is 12.6 Å². The van der Waals surface area contributed by atoms with Crippen molar-refractivity contribution in [1.29, 1.82) is 0 Å². The van der Waals surface area contributed by atoms with E-state index in [1.165, 1.54) is 5.69 Å². The Kier molecular flexibility index (Phi) is 4.82. The van der Waals surface area contributed by atoms with Gasteiger partial charge in [-0.15, -0.1) is 10.2 Å². The van der Waals surface area contributed by atoms with E-state index in [1.54, 1.807) is 18.6 Å². The molecule has 0 bridgehead atoms. The molecule has 29 heavy (non-hydrogen) atoms. The number of aromatic nitrogens is 5. The predicted molar refractivity (Wildman–Crippen MR) is 109 cm³/mol. The minimum atomic E-state index is -0.473. The van der Waals surface area contributed by atoms with Gasteiger partial charge >= 0.3 is 0 Å². The van der Waals surface area contributed by atoms with Gasteiger partial charge < -0.3 is 14.9 Å². The molecule has 1 unspecified atom stereocenters. The molecule has 1 N–H and O–H groups in total. The number of aliphatic hydroxyl groups is 1. The number of β-amino-alcohol motifs (C(OH)–C–C–N with tert-alkyl or cyclic N) is 1. The number of piperazine rings is 1. The summed E-state index contributed by atoms with van der Waals surface area (Å²) in [6.07, 6.45) is 4.47. The molecular weight excluding hydrogens is 368 g/mol. The van der Waals surface area contributed by atoms with E-state index in [2.05, 4.69) is 59.1 Å². The summed E-state index contributed by atoms with van der Waals surface area (Å²) in [7, 11) is 0. The smallest absolute Gasteiger partial charge is 0.228 e. The monoisotopic (exact) mass is 392 g/mol. The lowest BCUT2D eigenvalue weighted by Crippen LogP contribution is -2.53. The van der Waals surface area contributed by atoms with Crippen LogP contribution in [0, 0.1) is 0 Å². The number of aliphatic hydroxyl groups excluding tert-OH is 1. The highest BCUT2D eigenvalue weighted by molar-refractivity contribution is 5.52. The van der Waals surface area contributed by atoms with Crippen molar-refractivity contribution in [3.63, 3.8) is 0 Å². The van der Waals surface area contributed by atoms with Crippen LogP contribution in [0.15, 0.2) is 48.9 Å². The number of anilines is 2. The van der Waals surface area contributed by atoms with Crippen LogP contribution in [0.5, 0.6) is 0 Å². The van der Waals surface area contributed by atoms with Crippen LogP contribution in [0.1, 0.15) is 0 Å². The summed E-state index contributed by atoms with van der Waals surface area (Å²) in [6.45, 7) is 5.64. The van der Waals surface area contributed by atoms with Crippen molar-refractivity contribution < 1.29 is 5.11 Å². The summed E-state index contributed by atoms with van der Waals surface area (Å²) in [5.74, 6) is 1.42. The molecular formula is C20H24N8O. The Balaban J connectivity index is 1.29. The van der Waals surface area contributed by atoms with E-state index >= 15 is 0 Å². The first-order valence-corrected chi connectivity index (χ1v) is 9.93. The Hall–Kier alpha value is -3.04. The summed E-state index contributed by atoms with van der Waals surface area (Å²) in [5, 5.41) is 19.2. The maximum atomic E-state index is 10.5. The number of para-hydroxylation sites is 1. The van der Waals surface area contributed by atoms with E-state index in [0.717, 1.165) is 38.8 Å². The molecule has 150 valence electrons. The lowest BCUT2D eigenvalue weighted by molar-refractivity contribution is 0.140. The van der Waals surface area contributed by atoms with Crippen molar-refractivity contribution in [3.05, 3.63) is 48.9 Å². The van der Waals surface area contributed by atoms with Crippen LogP contribution in [-0.4, -0.2) is 80.2 Å². The zero-order valence-electron chi connectivity index (χ0n) is 16.2. The minimum Gasteiger partial charge on any atom is -0.389 e. The topological polar surface area (TPSA) is 86.4 Å². The van der Waals surface area contributed by atoms with Crippen molar-refractivity contribution in [1.82, 2.24) is 29.6 Å². The van der Waals surface area contributed by atoms with Gasteiger partial charge in [-0.25, -0.2) is 4.98 Å². The summed E-state index contributed by atoms with van der Waals surface area (Å²) < 4.78 is 1.94. The van der Waals surface area contributed by atoms with Crippen molar-refractivity contribution in [2.24, 2.45) is 0 Å². The number of fused-ring (bicyclic) bond motifs is 1. The fourth-order valence-electron chi connectivity index (χ4n) is 4.05. The van der Waals surface area contributed by atoms with Crippen LogP contribution in [-0.2, 0) is 6.54 Å². The summed E-state index contributed by atoms with van der Waals surface area (Å²) in [4.78, 5) is 15.4. The molecule has 1 aromatic carbocycles. The van der Waals surface area contributed by atoms with Gasteiger partial charge in [-0.3, -0.25) is 14.5 Å². The van der Waals surface area contributed by atoms with Crippen molar-refractivity contribution in [2.75, 3.05) is 49.2 Å². The first kappa shape index (κ1) is 18.0. The molecule has 0 amide bonds. The lowest BCUT2D eigenvalue weighted by atomic mass is 10.2. The van der Waals surface area contributed by atoms with Crippen LogP contribution in [0.3, 0.4) is 0 Å². The molecule has 1 fully saturated rings. The average molecular weight is 392 g/mol. The predicted octanol–water partition coefficient (Wildman–Crippen LogP) is 0.696. The summed E-state index contributed by atoms with van der Waals surface area (Å²) in [6, 6.07) is 10.5. The van der Waals surface area contributed by atoms with E-state index in [9.17, 15) is 5.11 Å². The molecule has 2 aromatic heterocycles. The van der Waals surface area contributed by atoms with Gasteiger partial charge in [0.2, 0.25) is 5.95 Å². The standard InChI is InChI=1S/C20H24N8O/c29-17-13-27(15-25-8-10-26(11-9-25)16-4-2-1-3-5-16)20-24-23-19(28(20)14-17)18-12-21-6-7-22-18/h1-7,12,17,29H,8-11,13-15H2. The maximum Gasteiger partial charge on any atom is 0.228 e. The summed E-state index contributed by atoms with van der Waals surface area (Å²) in [5.41, 5.74) is 1.94. The molecule has 0 saturated carbocycles. The highest BCUT2D eigenvalue weighted by atomic mass is 16.3. The van der Waals surface area contributed by atoms with Gasteiger partial charge in [-0.2, -0.15) is 0 Å². The zero-order chi connectivity index (χ0) is 19.6. The Morgan fingerprint density at radius 1 is 0.966 bits per heavy atom. The number of nitrogens with zero attached hydrogens (tertiary/aromatic N) is 8. The molecule has 0 radical (unpaired) electrons. The van der Waals surface area contributed by atoms with Gasteiger partial charge in [0.1, 0.15) is 5.69 Å². The van der Waals surface area contributed by atoms with Gasteiger partial charge in [0, 0.05) is 50.8 Å². The number of hydrogen-bond donors (Lipinski definition) is 1. The van der Waals surface area contributed by atoms with Crippen LogP contribution >= 0.6 is 0 Å². The molecule has 4 heterocycles. The quantitative estimate of drug-likeness (QED) is 0.694. The van der Waals surface area contributed by atoms with Gasteiger partial charge in [-0.05, 0) is 12.1 Å². The van der Waals surface area contributed by atoms with Crippen molar-refractivity contribution >= 4 is 11.6 Å². The third kappa shape index (κ3) is 3.66. The fourth-order valence-corrected chi connectivity index (χ4v) is 4.05. The molecule has 9 nitrogen and oxygen atoms in total. The fraction of sp³-hybridized carbons (Fsp3) is 0.400. The molecule has 0 aliphatic carbocycles. The van der Waals surface area contributed by atoms with Crippen LogP contribution in [0.4, 0.5) is 11.6 Å². The van der Waals surface area contributed by atoms with Gasteiger partial charge in [0.25, 0.3) is 0 Å². The largest absolute Gasteiger partial charge is 0.389 e. The van der Waals surface area contributed by atoms with Crippen LogP contribution < -0.4 is 9.80 Å². The Labute approximate surface area is 169 Å². The molecule has 2 aliphatic rings. The first-order valence-electron chi connectivity index (χ1n) is 9.93. The maximum absolute atomic E-state index is 10.5. The molecule has 9 heteroatoms. The van der Waals surface area contributed by atoms with E-state index < -0.39 is 6.10 Å². The first-order chi connectivity index (χ1) is 14.3. The zero-order valence-corrected chi connectivity index (χ0v) is 16.2. The third-order valence-corrected chi connectivity index (χ3v) is 5.50. The highest BCUT2D eigenvalue weighted by Gasteiger charge is 2.30. The normalized spacial score (nSPS) is 20.0. The van der Waals surface area contributed by atoms with E-state index in [4.69, 9.17) is 0 Å². The highest BCUT2D eigenvalue weighted by Crippen LogP contribution is 2.25. The third-order valence-electron chi connectivity index (χ3n) is 5.50. The Morgan fingerprint density at radius 3 is 2.55 bits per heavy atom. The van der Waals surface area contributed by atoms with Crippen LogP contribution in [0.25, 0.3) is 11.5 Å². The van der Waals surface area contributed by atoms with E-state index in [0.29, 0.717) is 24.6 Å². The molecule has 0 spiro atoms. The number of rotatable bonds is 4. The second-order valence-electron chi connectivity index (χ2n) is 7.48. The Bertz CT molecular complexity index is 940. The average Bonchev–Trinajstić information content (AvgIpc) is 3.19. The second-order valence-corrected chi connectivity index (χ2v) is 7.48. The molecule has 3 aromatic rings.